The van der Waals surface area contributed by atoms with Crippen LogP contribution in [0, 0.1) is 0 Å². The first-order chi connectivity index (χ1) is 13.8. The van der Waals surface area contributed by atoms with Gasteiger partial charge in [-0.25, -0.2) is 0 Å². The zero-order chi connectivity index (χ0) is 23.9. The Morgan fingerprint density at radius 2 is 1.71 bits per heavy atom. The third-order valence-corrected chi connectivity index (χ3v) is 3.92. The van der Waals surface area contributed by atoms with Crippen LogP contribution in [-0.2, 0) is 14.0 Å². The van der Waals surface area contributed by atoms with Gasteiger partial charge in [0.05, 0.1) is 38.0 Å². The van der Waals surface area contributed by atoms with Crippen LogP contribution in [0.5, 0.6) is 0 Å². The molecule has 1 aromatic carbocycles. The summed E-state index contributed by atoms with van der Waals surface area (Å²) in [5, 5.41) is 0. The van der Waals surface area contributed by atoms with E-state index in [9.17, 15) is 0 Å². The monoisotopic (exact) mass is 299 g/mol. The van der Waals surface area contributed by atoms with Gasteiger partial charge in [0.15, 0.2) is 0 Å². The maximum atomic E-state index is 8.42. The van der Waals surface area contributed by atoms with E-state index in [1.54, 1.807) is 27.7 Å². The molecule has 4 nitrogen and oxygen atoms in total. The molecule has 0 aliphatic carbocycles. The van der Waals surface area contributed by atoms with Crippen LogP contribution in [0.15, 0.2) is 24.2 Å². The zero-order valence-electron chi connectivity index (χ0n) is 22.5. The normalized spacial score (nSPS) is 38.5. The van der Waals surface area contributed by atoms with Crippen LogP contribution in [0.4, 0.5) is 5.69 Å². The van der Waals surface area contributed by atoms with Crippen molar-refractivity contribution in [2.45, 2.75) is 38.9 Å². The standard InChI is InChI=1S/C16H24BNO3/c1-15(2)16(3,4)21-17(20-15)13-5-7-14(8-6-13)18-9-11-19-12-10-18/h5-8H,9-12H2,1-4H3/i5D,6D,7D,8D,9D2,11D2,12D2. The number of hydrogen-bond donors (Lipinski definition) is 0. The van der Waals surface area contributed by atoms with E-state index in [-0.39, 0.29) is 5.46 Å². The van der Waals surface area contributed by atoms with Crippen molar-refractivity contribution >= 4 is 18.3 Å². The molecule has 0 spiro atoms. The molecule has 0 saturated carbocycles. The molecule has 3 rings (SSSR count). The molecule has 0 bridgehead atoms. The lowest BCUT2D eigenvalue weighted by molar-refractivity contribution is 0.00578. The average molecular weight is 299 g/mol. The lowest BCUT2D eigenvalue weighted by atomic mass is 9.79. The maximum Gasteiger partial charge on any atom is 0.494 e. The largest absolute Gasteiger partial charge is 0.494 e. The Morgan fingerprint density at radius 1 is 1.10 bits per heavy atom. The lowest BCUT2D eigenvalue weighted by Crippen LogP contribution is -2.41. The van der Waals surface area contributed by atoms with E-state index >= 15 is 0 Å². The quantitative estimate of drug-likeness (QED) is 0.780. The molecular formula is C16H24BNO3. The number of anilines is 1. The van der Waals surface area contributed by atoms with Crippen LogP contribution < -0.4 is 10.4 Å². The minimum absolute atomic E-state index is 0.169. The van der Waals surface area contributed by atoms with E-state index in [1.165, 1.54) is 0 Å². The van der Waals surface area contributed by atoms with Crippen LogP contribution in [0.1, 0.15) is 41.4 Å². The molecule has 0 unspecified atom stereocenters. The van der Waals surface area contributed by atoms with Crippen molar-refractivity contribution in [2.75, 3.05) is 31.1 Å². The van der Waals surface area contributed by atoms with Crippen molar-refractivity contribution in [3.8, 4) is 0 Å². The van der Waals surface area contributed by atoms with Gasteiger partial charge in [-0.1, -0.05) is 12.1 Å². The van der Waals surface area contributed by atoms with E-state index in [4.69, 9.17) is 23.0 Å². The van der Waals surface area contributed by atoms with Gasteiger partial charge < -0.3 is 18.9 Å². The van der Waals surface area contributed by atoms with E-state index in [0.717, 1.165) is 0 Å². The van der Waals surface area contributed by atoms with Gasteiger partial charge in [-0.05, 0) is 45.2 Å². The van der Waals surface area contributed by atoms with E-state index in [1.807, 2.05) is 0 Å². The van der Waals surface area contributed by atoms with Gasteiger partial charge in [0.25, 0.3) is 0 Å². The summed E-state index contributed by atoms with van der Waals surface area (Å²) in [6.45, 7) is -2.50. The number of rotatable bonds is 2. The molecule has 2 saturated heterocycles. The molecule has 114 valence electrons. The van der Waals surface area contributed by atoms with E-state index in [2.05, 4.69) is 4.74 Å². The molecule has 0 atom stereocenters. The number of hydrogen-bond acceptors (Lipinski definition) is 4. The second kappa shape index (κ2) is 5.31. The Balaban J connectivity index is 2.18. The highest BCUT2D eigenvalue weighted by molar-refractivity contribution is 6.62. The number of benzene rings is 1. The first-order valence-corrected chi connectivity index (χ1v) is 6.69. The summed E-state index contributed by atoms with van der Waals surface area (Å²) in [5.41, 5.74) is -2.34. The second-order valence-electron chi connectivity index (χ2n) is 5.90. The Labute approximate surface area is 141 Å². The zero-order valence-corrected chi connectivity index (χ0v) is 12.5. The van der Waals surface area contributed by atoms with Crippen LogP contribution in [0.2, 0.25) is 0 Å². The Kier molecular flexibility index (Phi) is 1.78. The lowest BCUT2D eigenvalue weighted by Gasteiger charge is -2.32. The number of nitrogens with zero attached hydrogens (tertiary/aromatic N) is 1. The summed E-state index contributed by atoms with van der Waals surface area (Å²) in [6, 6.07) is -2.41. The van der Waals surface area contributed by atoms with Crippen molar-refractivity contribution in [2.24, 2.45) is 0 Å². The fourth-order valence-electron chi connectivity index (χ4n) is 1.91. The summed E-state index contributed by atoms with van der Waals surface area (Å²) in [6.07, 6.45) is 0. The summed E-state index contributed by atoms with van der Waals surface area (Å²) in [7, 11) is -1.20. The third kappa shape index (κ3) is 2.82. The highest BCUT2D eigenvalue weighted by Crippen LogP contribution is 2.36. The van der Waals surface area contributed by atoms with E-state index < -0.39 is 74.3 Å². The van der Waals surface area contributed by atoms with Crippen LogP contribution in [0.25, 0.3) is 0 Å². The summed E-state index contributed by atoms with van der Waals surface area (Å²) in [5.74, 6) is 0. The predicted molar refractivity (Wildman–Crippen MR) is 85.2 cm³/mol. The van der Waals surface area contributed by atoms with Gasteiger partial charge in [-0.2, -0.15) is 0 Å². The third-order valence-electron chi connectivity index (χ3n) is 3.92. The first-order valence-electron chi connectivity index (χ1n) is 11.7. The topological polar surface area (TPSA) is 30.9 Å². The van der Waals surface area contributed by atoms with Gasteiger partial charge in [0.1, 0.15) is 0 Å². The van der Waals surface area contributed by atoms with Crippen LogP contribution in [-0.4, -0.2) is 44.5 Å². The van der Waals surface area contributed by atoms with Gasteiger partial charge >= 0.3 is 7.12 Å². The van der Waals surface area contributed by atoms with E-state index in [0.29, 0.717) is 4.90 Å². The van der Waals surface area contributed by atoms with Crippen molar-refractivity contribution in [3.05, 3.63) is 24.2 Å². The van der Waals surface area contributed by atoms with Gasteiger partial charge in [0.2, 0.25) is 0 Å². The van der Waals surface area contributed by atoms with Crippen molar-refractivity contribution < 1.29 is 27.8 Å². The maximum absolute atomic E-state index is 8.42. The average Bonchev–Trinajstić information content (AvgIpc) is 2.77. The number of ether oxygens (including phenoxy) is 1. The van der Waals surface area contributed by atoms with Gasteiger partial charge in [-0.3, -0.25) is 0 Å². The first kappa shape index (κ1) is 7.03. The highest BCUT2D eigenvalue weighted by atomic mass is 16.7. The fourth-order valence-corrected chi connectivity index (χ4v) is 1.91. The summed E-state index contributed by atoms with van der Waals surface area (Å²) in [4.78, 5) is 0.547. The van der Waals surface area contributed by atoms with Crippen LogP contribution in [0.3, 0.4) is 0 Å². The molecule has 0 N–H and O–H groups in total. The minimum Gasteiger partial charge on any atom is -0.399 e. The Morgan fingerprint density at radius 3 is 2.33 bits per heavy atom. The molecule has 0 aromatic heterocycles. The molecule has 21 heavy (non-hydrogen) atoms. The summed E-state index contributed by atoms with van der Waals surface area (Å²) >= 11 is 0. The van der Waals surface area contributed by atoms with Gasteiger partial charge in [-0.15, -0.1) is 0 Å². The highest BCUT2D eigenvalue weighted by Gasteiger charge is 2.51. The van der Waals surface area contributed by atoms with Crippen molar-refractivity contribution in [3.63, 3.8) is 0 Å². The number of morpholine rings is 1. The molecule has 5 heteroatoms. The smallest absolute Gasteiger partial charge is 0.399 e. The molecule has 2 aliphatic heterocycles. The minimum atomic E-state index is -3.12. The Bertz CT molecular complexity index is 878. The molecular weight excluding hydrogens is 265 g/mol. The van der Waals surface area contributed by atoms with Crippen molar-refractivity contribution in [1.29, 1.82) is 0 Å². The summed E-state index contributed by atoms with van der Waals surface area (Å²) < 4.78 is 97.5. The molecule has 0 amide bonds. The molecule has 1 aromatic rings. The van der Waals surface area contributed by atoms with Crippen LogP contribution >= 0.6 is 0 Å². The molecule has 2 aliphatic rings. The molecule has 2 fully saturated rings. The Hall–Kier alpha value is -1.04. The SMILES string of the molecule is [2H]c1c([2H])c(N2CC([2H])([2H])OC([2H])([2H])C2([2H])[2H])c([2H])c([2H])c1B1OC(C)(C)C(C)(C)O1. The van der Waals surface area contributed by atoms with Crippen molar-refractivity contribution in [1.82, 2.24) is 0 Å². The molecule has 0 radical (unpaired) electrons. The second-order valence-corrected chi connectivity index (χ2v) is 5.90. The molecule has 2 heterocycles. The fraction of sp³-hybridized carbons (Fsp3) is 0.625. The predicted octanol–water partition coefficient (Wildman–Crippen LogP) is 1.82. The van der Waals surface area contributed by atoms with Gasteiger partial charge in [0, 0.05) is 18.7 Å².